The first kappa shape index (κ1) is 8.49. The smallest absolute Gasteiger partial charge is 0.219 e. The van der Waals surface area contributed by atoms with Crippen LogP contribution in [0.25, 0.3) is 0 Å². The fourth-order valence-corrected chi connectivity index (χ4v) is 1.45. The van der Waals surface area contributed by atoms with Crippen LogP contribution in [0, 0.1) is 0 Å². The Bertz CT molecular complexity index is 160. The summed E-state index contributed by atoms with van der Waals surface area (Å²) in [6.07, 6.45) is 0.0223. The molecule has 0 aliphatic carbocycles. The van der Waals surface area contributed by atoms with E-state index in [-0.39, 0.29) is 18.6 Å². The summed E-state index contributed by atoms with van der Waals surface area (Å²) >= 11 is 0. The van der Waals surface area contributed by atoms with Crippen molar-refractivity contribution in [3.8, 4) is 0 Å². The third-order valence-corrected chi connectivity index (χ3v) is 2.10. The molecule has 0 aromatic carbocycles. The lowest BCUT2D eigenvalue weighted by molar-refractivity contribution is -0.131. The van der Waals surface area contributed by atoms with E-state index in [0.29, 0.717) is 13.0 Å². The van der Waals surface area contributed by atoms with Crippen molar-refractivity contribution in [2.45, 2.75) is 25.5 Å². The molecule has 1 rings (SSSR count). The Kier molecular flexibility index (Phi) is 2.46. The van der Waals surface area contributed by atoms with E-state index < -0.39 is 6.10 Å². The number of rotatable bonds is 1. The van der Waals surface area contributed by atoms with E-state index >= 15 is 0 Å². The van der Waals surface area contributed by atoms with Crippen LogP contribution in [-0.4, -0.2) is 46.3 Å². The van der Waals surface area contributed by atoms with Gasteiger partial charge in [-0.1, -0.05) is 0 Å². The summed E-state index contributed by atoms with van der Waals surface area (Å²) < 4.78 is 0. The van der Waals surface area contributed by atoms with Gasteiger partial charge in [-0.05, 0) is 6.42 Å². The third-order valence-electron chi connectivity index (χ3n) is 2.10. The Morgan fingerprint density at radius 3 is 2.73 bits per heavy atom. The maximum absolute atomic E-state index is 10.9. The first-order chi connectivity index (χ1) is 5.16. The largest absolute Gasteiger partial charge is 0.394 e. The van der Waals surface area contributed by atoms with E-state index in [1.54, 1.807) is 0 Å². The van der Waals surface area contributed by atoms with Crippen LogP contribution in [0.3, 0.4) is 0 Å². The Balaban J connectivity index is 2.61. The normalized spacial score (nSPS) is 31.0. The summed E-state index contributed by atoms with van der Waals surface area (Å²) in [4.78, 5) is 12.4. The summed E-state index contributed by atoms with van der Waals surface area (Å²) in [6, 6.07) is -0.382. The molecule has 1 heterocycles. The molecule has 1 saturated heterocycles. The lowest BCUT2D eigenvalue weighted by Crippen LogP contribution is -2.40. The van der Waals surface area contributed by atoms with Gasteiger partial charge in [0.25, 0.3) is 0 Å². The molecule has 0 saturated carbocycles. The van der Waals surface area contributed by atoms with Crippen molar-refractivity contribution in [2.75, 3.05) is 13.2 Å². The van der Waals surface area contributed by atoms with E-state index in [1.807, 2.05) is 0 Å². The Labute approximate surface area is 65.4 Å². The van der Waals surface area contributed by atoms with Crippen LogP contribution in [-0.2, 0) is 4.79 Å². The molecule has 2 atom stereocenters. The fourth-order valence-electron chi connectivity index (χ4n) is 1.45. The zero-order valence-electron chi connectivity index (χ0n) is 6.53. The molecule has 0 aromatic heterocycles. The van der Waals surface area contributed by atoms with Crippen molar-refractivity contribution in [1.82, 2.24) is 4.90 Å². The van der Waals surface area contributed by atoms with Crippen LogP contribution in [0.2, 0.25) is 0 Å². The summed E-state index contributed by atoms with van der Waals surface area (Å²) in [6.45, 7) is 1.85. The molecule has 2 N–H and O–H groups in total. The molecule has 64 valence electrons. The van der Waals surface area contributed by atoms with Crippen LogP contribution < -0.4 is 0 Å². The molecule has 0 spiro atoms. The zero-order valence-corrected chi connectivity index (χ0v) is 6.53. The SMILES string of the molecule is CC(=O)N1CCC(O)C1CO. The Hall–Kier alpha value is -0.610. The number of aliphatic hydroxyl groups is 2. The standard InChI is InChI=1S/C7H13NO3/c1-5(10)8-3-2-7(11)6(8)4-9/h6-7,9,11H,2-4H2,1H3. The van der Waals surface area contributed by atoms with Crippen molar-refractivity contribution < 1.29 is 15.0 Å². The van der Waals surface area contributed by atoms with Gasteiger partial charge in [-0.25, -0.2) is 0 Å². The molecule has 4 heteroatoms. The summed E-state index contributed by atoms with van der Waals surface area (Å²) in [7, 11) is 0. The monoisotopic (exact) mass is 159 g/mol. The highest BCUT2D eigenvalue weighted by molar-refractivity contribution is 5.74. The van der Waals surface area contributed by atoms with Crippen LogP contribution in [0.5, 0.6) is 0 Å². The van der Waals surface area contributed by atoms with Crippen LogP contribution >= 0.6 is 0 Å². The van der Waals surface area contributed by atoms with Crippen LogP contribution in [0.1, 0.15) is 13.3 Å². The number of carbonyl (C=O) groups is 1. The molecule has 1 amide bonds. The number of carbonyl (C=O) groups excluding carboxylic acids is 1. The molecule has 0 radical (unpaired) electrons. The molecular weight excluding hydrogens is 146 g/mol. The van der Waals surface area contributed by atoms with Gasteiger partial charge < -0.3 is 15.1 Å². The van der Waals surface area contributed by atoms with Gasteiger partial charge in [-0.15, -0.1) is 0 Å². The topological polar surface area (TPSA) is 60.8 Å². The minimum Gasteiger partial charge on any atom is -0.394 e. The van der Waals surface area contributed by atoms with Crippen molar-refractivity contribution in [1.29, 1.82) is 0 Å². The highest BCUT2D eigenvalue weighted by Gasteiger charge is 2.33. The summed E-state index contributed by atoms with van der Waals surface area (Å²) in [5.41, 5.74) is 0. The molecule has 0 bridgehead atoms. The highest BCUT2D eigenvalue weighted by atomic mass is 16.3. The van der Waals surface area contributed by atoms with Crippen LogP contribution in [0.15, 0.2) is 0 Å². The van der Waals surface area contributed by atoms with Gasteiger partial charge in [0.15, 0.2) is 0 Å². The number of nitrogens with zero attached hydrogens (tertiary/aromatic N) is 1. The van der Waals surface area contributed by atoms with E-state index in [9.17, 15) is 9.90 Å². The minimum atomic E-state index is -0.552. The van der Waals surface area contributed by atoms with Crippen molar-refractivity contribution >= 4 is 5.91 Å². The molecule has 1 aliphatic heterocycles. The van der Waals surface area contributed by atoms with Crippen molar-refractivity contribution in [3.05, 3.63) is 0 Å². The summed E-state index contributed by atoms with van der Waals surface area (Å²) in [5.74, 6) is -0.0828. The number of aliphatic hydroxyl groups excluding tert-OH is 2. The average Bonchev–Trinajstić information content (AvgIpc) is 2.30. The molecule has 0 aromatic rings. The Morgan fingerprint density at radius 2 is 2.36 bits per heavy atom. The van der Waals surface area contributed by atoms with Crippen molar-refractivity contribution in [3.63, 3.8) is 0 Å². The van der Waals surface area contributed by atoms with E-state index in [2.05, 4.69) is 0 Å². The second-order valence-electron chi connectivity index (χ2n) is 2.82. The van der Waals surface area contributed by atoms with Gasteiger partial charge in [0.1, 0.15) is 0 Å². The second-order valence-corrected chi connectivity index (χ2v) is 2.82. The molecule has 2 unspecified atom stereocenters. The van der Waals surface area contributed by atoms with Gasteiger partial charge in [-0.3, -0.25) is 4.79 Å². The quantitative estimate of drug-likeness (QED) is 0.514. The van der Waals surface area contributed by atoms with Crippen molar-refractivity contribution in [2.24, 2.45) is 0 Å². The lowest BCUT2D eigenvalue weighted by atomic mass is 10.2. The second kappa shape index (κ2) is 3.19. The predicted molar refractivity (Wildman–Crippen MR) is 38.9 cm³/mol. The van der Waals surface area contributed by atoms with Gasteiger partial charge in [-0.2, -0.15) is 0 Å². The van der Waals surface area contributed by atoms with Gasteiger partial charge in [0.2, 0.25) is 5.91 Å². The summed E-state index contributed by atoms with van der Waals surface area (Å²) in [5, 5.41) is 18.1. The molecule has 1 aliphatic rings. The number of hydrogen-bond donors (Lipinski definition) is 2. The maximum Gasteiger partial charge on any atom is 0.219 e. The first-order valence-electron chi connectivity index (χ1n) is 3.73. The van der Waals surface area contributed by atoms with Gasteiger partial charge in [0.05, 0.1) is 18.8 Å². The van der Waals surface area contributed by atoms with E-state index in [1.165, 1.54) is 11.8 Å². The molecule has 1 fully saturated rings. The molecule has 4 nitrogen and oxygen atoms in total. The maximum atomic E-state index is 10.9. The van der Waals surface area contributed by atoms with E-state index in [0.717, 1.165) is 0 Å². The van der Waals surface area contributed by atoms with Gasteiger partial charge >= 0.3 is 0 Å². The minimum absolute atomic E-state index is 0.0828. The molecular formula is C7H13NO3. The third kappa shape index (κ3) is 1.52. The van der Waals surface area contributed by atoms with Gasteiger partial charge in [0, 0.05) is 13.5 Å². The zero-order chi connectivity index (χ0) is 8.43. The lowest BCUT2D eigenvalue weighted by Gasteiger charge is -2.22. The first-order valence-corrected chi connectivity index (χ1v) is 3.73. The molecule has 11 heavy (non-hydrogen) atoms. The highest BCUT2D eigenvalue weighted by Crippen LogP contribution is 2.16. The van der Waals surface area contributed by atoms with Crippen LogP contribution in [0.4, 0.5) is 0 Å². The number of likely N-dealkylation sites (tertiary alicyclic amines) is 1. The Morgan fingerprint density at radius 1 is 1.73 bits per heavy atom. The average molecular weight is 159 g/mol. The predicted octanol–water partition coefficient (Wildman–Crippen LogP) is -1.04. The number of hydrogen-bond acceptors (Lipinski definition) is 3. The fraction of sp³-hybridized carbons (Fsp3) is 0.857. The van der Waals surface area contributed by atoms with E-state index in [4.69, 9.17) is 5.11 Å². The number of amides is 1.